The quantitative estimate of drug-likeness (QED) is 0.790. The second-order valence-corrected chi connectivity index (χ2v) is 4.46. The molecule has 0 fully saturated rings. The molecule has 2 rings (SSSR count). The van der Waals surface area contributed by atoms with Crippen LogP contribution in [-0.4, -0.2) is 38.7 Å². The van der Waals surface area contributed by atoms with Crippen LogP contribution in [0.3, 0.4) is 0 Å². The smallest absolute Gasteiger partial charge is 0.349 e. The monoisotopic (exact) mass is 250 g/mol. The summed E-state index contributed by atoms with van der Waals surface area (Å²) < 4.78 is 1.45. The Morgan fingerprint density at radius 2 is 2.28 bits per heavy atom. The molecule has 0 aliphatic rings. The van der Waals surface area contributed by atoms with E-state index in [4.69, 9.17) is 5.73 Å². The molecule has 98 valence electrons. The van der Waals surface area contributed by atoms with Crippen LogP contribution in [0.2, 0.25) is 0 Å². The van der Waals surface area contributed by atoms with Crippen LogP contribution in [0.15, 0.2) is 10.9 Å². The zero-order chi connectivity index (χ0) is 13.3. The molecule has 0 saturated heterocycles. The lowest BCUT2D eigenvalue weighted by Crippen LogP contribution is -2.36. The molecule has 0 bridgehead atoms. The number of anilines is 1. The number of aromatic nitrogens is 4. The highest BCUT2D eigenvalue weighted by Gasteiger charge is 2.14. The van der Waals surface area contributed by atoms with Crippen LogP contribution < -0.4 is 16.3 Å². The lowest BCUT2D eigenvalue weighted by atomic mass is 10.3. The molecule has 0 spiro atoms. The third kappa shape index (κ3) is 2.08. The van der Waals surface area contributed by atoms with Crippen molar-refractivity contribution in [3.63, 3.8) is 0 Å². The van der Waals surface area contributed by atoms with E-state index in [0.717, 1.165) is 12.4 Å². The molecule has 2 aromatic heterocycles. The molecule has 0 atom stereocenters. The van der Waals surface area contributed by atoms with Gasteiger partial charge in [0.2, 0.25) is 0 Å². The summed E-state index contributed by atoms with van der Waals surface area (Å²) in [4.78, 5) is 18.0. The highest BCUT2D eigenvalue weighted by molar-refractivity contribution is 5.51. The molecule has 0 aliphatic heterocycles. The number of aromatic amines is 1. The van der Waals surface area contributed by atoms with Gasteiger partial charge in [0, 0.05) is 25.2 Å². The van der Waals surface area contributed by atoms with Gasteiger partial charge in [0.25, 0.3) is 0 Å². The van der Waals surface area contributed by atoms with E-state index in [1.807, 2.05) is 0 Å². The Morgan fingerprint density at radius 1 is 1.56 bits per heavy atom. The van der Waals surface area contributed by atoms with Crippen molar-refractivity contribution < 1.29 is 0 Å². The van der Waals surface area contributed by atoms with Gasteiger partial charge in [-0.3, -0.25) is 0 Å². The Hall–Kier alpha value is -1.89. The van der Waals surface area contributed by atoms with Crippen molar-refractivity contribution in [3.8, 4) is 0 Å². The van der Waals surface area contributed by atoms with Gasteiger partial charge in [0.05, 0.1) is 0 Å². The number of aryl methyl sites for hydroxylation is 1. The summed E-state index contributed by atoms with van der Waals surface area (Å²) in [5, 5.41) is 6.39. The molecule has 0 aliphatic carbocycles. The zero-order valence-corrected chi connectivity index (χ0v) is 10.8. The second kappa shape index (κ2) is 4.77. The molecule has 0 radical (unpaired) electrons. The van der Waals surface area contributed by atoms with Gasteiger partial charge in [0.15, 0.2) is 5.65 Å². The topological polar surface area (TPSA) is 92.3 Å². The number of hydrogen-bond donors (Lipinski definition) is 2. The Balaban J connectivity index is 2.54. The highest BCUT2D eigenvalue weighted by Crippen LogP contribution is 2.15. The molecular weight excluding hydrogens is 232 g/mol. The molecule has 3 N–H and O–H groups in total. The second-order valence-electron chi connectivity index (χ2n) is 4.46. The number of hydrogen-bond acceptors (Lipinski definition) is 5. The maximum atomic E-state index is 11.5. The van der Waals surface area contributed by atoms with Crippen molar-refractivity contribution in [2.45, 2.75) is 26.8 Å². The molecule has 7 nitrogen and oxygen atoms in total. The molecule has 2 aromatic rings. The van der Waals surface area contributed by atoms with Gasteiger partial charge in [0.1, 0.15) is 11.6 Å². The maximum absolute atomic E-state index is 11.5. The van der Waals surface area contributed by atoms with Crippen LogP contribution in [0.25, 0.3) is 5.65 Å². The van der Waals surface area contributed by atoms with E-state index in [1.54, 1.807) is 13.0 Å². The van der Waals surface area contributed by atoms with Crippen molar-refractivity contribution in [1.29, 1.82) is 0 Å². The average Bonchev–Trinajstić information content (AvgIpc) is 2.67. The number of nitrogens with zero attached hydrogens (tertiary/aromatic N) is 4. The van der Waals surface area contributed by atoms with E-state index in [2.05, 4.69) is 33.9 Å². The van der Waals surface area contributed by atoms with Gasteiger partial charge in [-0.2, -0.15) is 5.10 Å². The molecule has 0 saturated carbocycles. The van der Waals surface area contributed by atoms with Crippen molar-refractivity contribution >= 4 is 11.5 Å². The highest BCUT2D eigenvalue weighted by atomic mass is 16.1. The van der Waals surface area contributed by atoms with Crippen molar-refractivity contribution in [3.05, 3.63) is 22.4 Å². The fourth-order valence-electron chi connectivity index (χ4n) is 2.01. The molecule has 0 amide bonds. The van der Waals surface area contributed by atoms with Crippen molar-refractivity contribution in [2.75, 3.05) is 18.0 Å². The Morgan fingerprint density at radius 3 is 2.89 bits per heavy atom. The largest absolute Gasteiger partial charge is 0.353 e. The third-order valence-electron chi connectivity index (χ3n) is 2.84. The van der Waals surface area contributed by atoms with E-state index in [0.29, 0.717) is 18.0 Å². The SMILES string of the molecule is Cc1nc(N(CCN)C(C)C)cc2n[nH]c(=O)n12. The summed E-state index contributed by atoms with van der Waals surface area (Å²) in [6.07, 6.45) is 0. The molecular formula is C11H18N6O. The summed E-state index contributed by atoms with van der Waals surface area (Å²) in [5.74, 6) is 1.41. The summed E-state index contributed by atoms with van der Waals surface area (Å²) in [6, 6.07) is 2.08. The minimum atomic E-state index is -0.267. The first-order chi connectivity index (χ1) is 8.54. The first kappa shape index (κ1) is 12.6. The van der Waals surface area contributed by atoms with E-state index in [1.165, 1.54) is 4.40 Å². The van der Waals surface area contributed by atoms with Gasteiger partial charge >= 0.3 is 5.69 Å². The Labute approximate surface area is 105 Å². The standard InChI is InChI=1S/C11H18N6O/c1-7(2)16(5-4-12)9-6-10-14-15-11(18)17(10)8(3)13-9/h6-7H,4-5,12H2,1-3H3,(H,15,18). The lowest BCUT2D eigenvalue weighted by Gasteiger charge is -2.27. The number of nitrogens with one attached hydrogen (secondary N) is 1. The molecule has 0 aromatic carbocycles. The van der Waals surface area contributed by atoms with Crippen LogP contribution in [0.4, 0.5) is 5.82 Å². The Bertz CT molecular complexity index is 599. The van der Waals surface area contributed by atoms with E-state index >= 15 is 0 Å². The molecule has 7 heteroatoms. The van der Waals surface area contributed by atoms with Gasteiger partial charge in [-0.05, 0) is 20.8 Å². The Kier molecular flexibility index (Phi) is 3.33. The fraction of sp³-hybridized carbons (Fsp3) is 0.545. The summed E-state index contributed by atoms with van der Waals surface area (Å²) in [7, 11) is 0. The van der Waals surface area contributed by atoms with Gasteiger partial charge in [-0.15, -0.1) is 0 Å². The molecule has 0 unspecified atom stereocenters. The van der Waals surface area contributed by atoms with Crippen LogP contribution in [0, 0.1) is 6.92 Å². The van der Waals surface area contributed by atoms with Crippen molar-refractivity contribution in [2.24, 2.45) is 5.73 Å². The predicted octanol–water partition coefficient (Wildman–Crippen LogP) is -0.100. The predicted molar refractivity (Wildman–Crippen MR) is 69.9 cm³/mol. The minimum Gasteiger partial charge on any atom is -0.353 e. The van der Waals surface area contributed by atoms with Gasteiger partial charge < -0.3 is 10.6 Å². The summed E-state index contributed by atoms with van der Waals surface area (Å²) in [6.45, 7) is 7.21. The summed E-state index contributed by atoms with van der Waals surface area (Å²) >= 11 is 0. The number of fused-ring (bicyclic) bond motifs is 1. The number of rotatable bonds is 4. The van der Waals surface area contributed by atoms with E-state index < -0.39 is 0 Å². The third-order valence-corrected chi connectivity index (χ3v) is 2.84. The van der Waals surface area contributed by atoms with Gasteiger partial charge in [-0.1, -0.05) is 0 Å². The van der Waals surface area contributed by atoms with Crippen LogP contribution in [-0.2, 0) is 0 Å². The number of H-pyrrole nitrogens is 1. The first-order valence-electron chi connectivity index (χ1n) is 5.96. The van der Waals surface area contributed by atoms with E-state index in [-0.39, 0.29) is 11.7 Å². The van der Waals surface area contributed by atoms with Crippen molar-refractivity contribution in [1.82, 2.24) is 19.6 Å². The normalized spacial score (nSPS) is 11.4. The first-order valence-corrected chi connectivity index (χ1v) is 5.96. The van der Waals surface area contributed by atoms with Crippen LogP contribution >= 0.6 is 0 Å². The zero-order valence-electron chi connectivity index (χ0n) is 10.8. The lowest BCUT2D eigenvalue weighted by molar-refractivity contribution is 0.671. The number of nitrogens with two attached hydrogens (primary N) is 1. The average molecular weight is 250 g/mol. The minimum absolute atomic E-state index is 0.267. The fourth-order valence-corrected chi connectivity index (χ4v) is 2.01. The van der Waals surface area contributed by atoms with E-state index in [9.17, 15) is 4.79 Å². The van der Waals surface area contributed by atoms with Crippen LogP contribution in [0.5, 0.6) is 0 Å². The summed E-state index contributed by atoms with van der Waals surface area (Å²) in [5.41, 5.74) is 5.92. The molecule has 2 heterocycles. The maximum Gasteiger partial charge on any atom is 0.349 e. The molecule has 18 heavy (non-hydrogen) atoms. The van der Waals surface area contributed by atoms with Gasteiger partial charge in [-0.25, -0.2) is 19.3 Å². The van der Waals surface area contributed by atoms with Crippen LogP contribution in [0.1, 0.15) is 19.7 Å².